The van der Waals surface area contributed by atoms with Crippen LogP contribution in [0.5, 0.6) is 0 Å². The highest BCUT2D eigenvalue weighted by Crippen LogP contribution is 2.23. The number of carbonyl (C=O) groups is 2. The molecule has 0 aliphatic carbocycles. The van der Waals surface area contributed by atoms with Crippen molar-refractivity contribution in [1.82, 2.24) is 0 Å². The Balaban J connectivity index is 3.31. The molecule has 0 fully saturated rings. The predicted molar refractivity (Wildman–Crippen MR) is 62.0 cm³/mol. The Labute approximate surface area is 107 Å². The summed E-state index contributed by atoms with van der Waals surface area (Å²) in [6.07, 6.45) is -2.94. The maximum atomic E-state index is 10.9. The lowest BCUT2D eigenvalue weighted by Gasteiger charge is -2.18. The fourth-order valence-corrected chi connectivity index (χ4v) is 1.60. The van der Waals surface area contributed by atoms with Crippen molar-refractivity contribution >= 4 is 23.5 Å². The molecule has 1 aromatic carbocycles. The summed E-state index contributed by atoms with van der Waals surface area (Å²) < 4.78 is 0. The quantitative estimate of drug-likeness (QED) is 0.588. The zero-order valence-electron chi connectivity index (χ0n) is 9.08. The van der Waals surface area contributed by atoms with Crippen molar-refractivity contribution < 1.29 is 30.0 Å². The van der Waals surface area contributed by atoms with E-state index in [2.05, 4.69) is 0 Å². The average molecular weight is 275 g/mol. The number of hydrogen-bond acceptors (Lipinski definition) is 4. The van der Waals surface area contributed by atoms with E-state index in [-0.39, 0.29) is 22.6 Å². The van der Waals surface area contributed by atoms with E-state index in [4.69, 9.17) is 21.8 Å². The number of carboxylic acids is 2. The molecular weight excluding hydrogens is 264 g/mol. The first kappa shape index (κ1) is 14.4. The van der Waals surface area contributed by atoms with E-state index in [0.717, 1.165) is 18.2 Å². The number of hydrogen-bond donors (Lipinski definition) is 4. The molecule has 0 aromatic heterocycles. The Bertz CT molecular complexity index is 473. The third-order valence-electron chi connectivity index (χ3n) is 2.37. The molecule has 1 rings (SSSR count). The van der Waals surface area contributed by atoms with Gasteiger partial charge in [0, 0.05) is 0 Å². The van der Waals surface area contributed by atoms with Crippen molar-refractivity contribution in [3.05, 3.63) is 34.9 Å². The van der Waals surface area contributed by atoms with E-state index in [1.165, 1.54) is 0 Å². The van der Waals surface area contributed by atoms with Gasteiger partial charge in [-0.05, 0) is 23.8 Å². The highest BCUT2D eigenvalue weighted by Gasteiger charge is 2.24. The van der Waals surface area contributed by atoms with E-state index in [0.29, 0.717) is 0 Å². The first-order valence-corrected chi connectivity index (χ1v) is 5.44. The molecule has 0 aliphatic rings. The summed E-state index contributed by atoms with van der Waals surface area (Å²) in [6.45, 7) is 0. The minimum atomic E-state index is -1.56. The first-order valence-electron chi connectivity index (χ1n) is 4.91. The lowest BCUT2D eigenvalue weighted by molar-refractivity contribution is 0.0311. The Hall–Kier alpha value is -1.63. The molecule has 2 unspecified atom stereocenters. The van der Waals surface area contributed by atoms with E-state index in [9.17, 15) is 19.8 Å². The van der Waals surface area contributed by atoms with Gasteiger partial charge in [0.25, 0.3) is 0 Å². The summed E-state index contributed by atoms with van der Waals surface area (Å²) >= 11 is 5.36. The summed E-state index contributed by atoms with van der Waals surface area (Å²) in [4.78, 5) is 21.7. The molecule has 1 aromatic rings. The van der Waals surface area contributed by atoms with E-state index < -0.39 is 24.1 Å². The number of alkyl halides is 1. The van der Waals surface area contributed by atoms with Crippen LogP contribution in [0.25, 0.3) is 0 Å². The number of halogens is 1. The SMILES string of the molecule is O=C(O)c1ccc(C(=O)O)c(C(O)C(O)CCl)c1. The van der Waals surface area contributed by atoms with Crippen LogP contribution < -0.4 is 0 Å². The Morgan fingerprint density at radius 1 is 1.17 bits per heavy atom. The van der Waals surface area contributed by atoms with E-state index >= 15 is 0 Å². The van der Waals surface area contributed by atoms with Crippen LogP contribution in [0, 0.1) is 0 Å². The summed E-state index contributed by atoms with van der Waals surface area (Å²) in [5.74, 6) is -2.90. The second-order valence-corrected chi connectivity index (χ2v) is 3.89. The highest BCUT2D eigenvalue weighted by atomic mass is 35.5. The zero-order valence-corrected chi connectivity index (χ0v) is 9.83. The van der Waals surface area contributed by atoms with Gasteiger partial charge in [-0.3, -0.25) is 0 Å². The van der Waals surface area contributed by atoms with Gasteiger partial charge in [0.2, 0.25) is 0 Å². The topological polar surface area (TPSA) is 115 Å². The van der Waals surface area contributed by atoms with Crippen molar-refractivity contribution in [2.45, 2.75) is 12.2 Å². The second kappa shape index (κ2) is 5.81. The standard InChI is InChI=1S/C11H11ClO6/c12-4-8(13)9(14)7-3-5(10(15)16)1-2-6(7)11(17)18/h1-3,8-9,13-14H,4H2,(H,15,16)(H,17,18). The molecule has 0 amide bonds. The Morgan fingerprint density at radius 3 is 2.22 bits per heavy atom. The summed E-state index contributed by atoms with van der Waals surface area (Å²) in [7, 11) is 0. The molecule has 7 heteroatoms. The maximum Gasteiger partial charge on any atom is 0.336 e. The minimum absolute atomic E-state index is 0.184. The molecule has 0 heterocycles. The molecule has 0 radical (unpaired) electrons. The number of carboxylic acid groups (broad SMARTS) is 2. The lowest BCUT2D eigenvalue weighted by Crippen LogP contribution is -2.22. The van der Waals surface area contributed by atoms with E-state index in [1.54, 1.807) is 0 Å². The third-order valence-corrected chi connectivity index (χ3v) is 2.69. The van der Waals surface area contributed by atoms with Gasteiger partial charge in [-0.15, -0.1) is 11.6 Å². The van der Waals surface area contributed by atoms with Gasteiger partial charge in [-0.1, -0.05) is 0 Å². The summed E-state index contributed by atoms with van der Waals surface area (Å²) in [5.41, 5.74) is -0.650. The summed E-state index contributed by atoms with van der Waals surface area (Å²) in [6, 6.07) is 3.17. The lowest BCUT2D eigenvalue weighted by atomic mass is 9.96. The molecule has 18 heavy (non-hydrogen) atoms. The van der Waals surface area contributed by atoms with Crippen LogP contribution in [0.1, 0.15) is 32.4 Å². The fourth-order valence-electron chi connectivity index (χ4n) is 1.43. The maximum absolute atomic E-state index is 10.9. The van der Waals surface area contributed by atoms with E-state index in [1.807, 2.05) is 0 Å². The molecule has 0 saturated carbocycles. The van der Waals surface area contributed by atoms with Gasteiger partial charge in [0.15, 0.2) is 0 Å². The van der Waals surface area contributed by atoms with Gasteiger partial charge in [0.05, 0.1) is 23.1 Å². The van der Waals surface area contributed by atoms with Gasteiger partial charge < -0.3 is 20.4 Å². The zero-order chi connectivity index (χ0) is 13.9. The normalized spacial score (nSPS) is 13.9. The molecular formula is C11H11ClO6. The Kier molecular flexibility index (Phi) is 4.66. The number of aliphatic hydroxyl groups is 2. The average Bonchev–Trinajstić information content (AvgIpc) is 2.35. The summed E-state index contributed by atoms with van der Waals surface area (Å²) in [5, 5.41) is 36.9. The van der Waals surface area contributed by atoms with Crippen LogP contribution in [0.2, 0.25) is 0 Å². The van der Waals surface area contributed by atoms with Crippen molar-refractivity contribution in [2.75, 3.05) is 5.88 Å². The van der Waals surface area contributed by atoms with Gasteiger partial charge in [0.1, 0.15) is 6.10 Å². The van der Waals surface area contributed by atoms with Crippen molar-refractivity contribution in [2.24, 2.45) is 0 Å². The van der Waals surface area contributed by atoms with Crippen LogP contribution in [-0.2, 0) is 0 Å². The Morgan fingerprint density at radius 2 is 1.78 bits per heavy atom. The molecule has 98 valence electrons. The molecule has 0 spiro atoms. The van der Waals surface area contributed by atoms with Crippen LogP contribution in [-0.4, -0.2) is 44.3 Å². The van der Waals surface area contributed by atoms with Crippen molar-refractivity contribution in [3.63, 3.8) is 0 Å². The first-order chi connectivity index (χ1) is 8.38. The fraction of sp³-hybridized carbons (Fsp3) is 0.273. The van der Waals surface area contributed by atoms with Gasteiger partial charge in [-0.25, -0.2) is 9.59 Å². The van der Waals surface area contributed by atoms with Crippen molar-refractivity contribution in [1.29, 1.82) is 0 Å². The molecule has 0 bridgehead atoms. The molecule has 6 nitrogen and oxygen atoms in total. The third kappa shape index (κ3) is 2.98. The predicted octanol–water partition coefficient (Wildman–Crippen LogP) is 0.716. The van der Waals surface area contributed by atoms with Gasteiger partial charge in [-0.2, -0.15) is 0 Å². The second-order valence-electron chi connectivity index (χ2n) is 3.58. The number of aromatic carboxylic acids is 2. The van der Waals surface area contributed by atoms with Crippen LogP contribution in [0.15, 0.2) is 18.2 Å². The van der Waals surface area contributed by atoms with Gasteiger partial charge >= 0.3 is 11.9 Å². The van der Waals surface area contributed by atoms with Crippen LogP contribution in [0.3, 0.4) is 0 Å². The molecule has 2 atom stereocenters. The number of aliphatic hydroxyl groups excluding tert-OH is 2. The molecule has 0 aliphatic heterocycles. The minimum Gasteiger partial charge on any atom is -0.478 e. The number of rotatable bonds is 5. The molecule has 0 saturated heterocycles. The van der Waals surface area contributed by atoms with Crippen LogP contribution >= 0.6 is 11.6 Å². The van der Waals surface area contributed by atoms with Crippen molar-refractivity contribution in [3.8, 4) is 0 Å². The monoisotopic (exact) mass is 274 g/mol. The molecule has 4 N–H and O–H groups in total. The largest absolute Gasteiger partial charge is 0.478 e. The smallest absolute Gasteiger partial charge is 0.336 e. The van der Waals surface area contributed by atoms with Crippen LogP contribution in [0.4, 0.5) is 0 Å². The highest BCUT2D eigenvalue weighted by molar-refractivity contribution is 6.18. The number of benzene rings is 1.